The number of hydrogen-bond acceptors (Lipinski definition) is 4. The van der Waals surface area contributed by atoms with Crippen molar-refractivity contribution < 1.29 is 17.6 Å². The molecule has 3 aromatic rings. The molecule has 0 saturated carbocycles. The third-order valence-electron chi connectivity index (χ3n) is 5.63. The van der Waals surface area contributed by atoms with Crippen molar-refractivity contribution in [2.75, 3.05) is 13.1 Å². The molecule has 2 heterocycles. The molecule has 31 heavy (non-hydrogen) atoms. The molecule has 6 nitrogen and oxygen atoms in total. The quantitative estimate of drug-likeness (QED) is 0.595. The highest BCUT2D eigenvalue weighted by atomic mass is 32.2. The fourth-order valence-corrected chi connectivity index (χ4v) is 6.42. The maximum atomic E-state index is 13.6. The molecule has 0 bridgehead atoms. The van der Waals surface area contributed by atoms with Gasteiger partial charge in [-0.25, -0.2) is 12.8 Å². The van der Waals surface area contributed by atoms with Crippen LogP contribution < -0.4 is 4.80 Å². The first-order valence-corrected chi connectivity index (χ1v) is 12.5. The number of piperidine rings is 1. The molecule has 1 aliphatic rings. The number of aryl methyl sites for hydroxylation is 2. The Labute approximate surface area is 184 Å². The van der Waals surface area contributed by atoms with E-state index in [0.29, 0.717) is 24.2 Å². The van der Waals surface area contributed by atoms with E-state index in [1.807, 2.05) is 18.4 Å². The van der Waals surface area contributed by atoms with E-state index < -0.39 is 10.0 Å². The van der Waals surface area contributed by atoms with Gasteiger partial charge in [-0.1, -0.05) is 29.0 Å². The summed E-state index contributed by atoms with van der Waals surface area (Å²) in [5.41, 5.74) is 1.85. The van der Waals surface area contributed by atoms with Gasteiger partial charge in [0.2, 0.25) is 10.0 Å². The Morgan fingerprint density at radius 2 is 1.84 bits per heavy atom. The summed E-state index contributed by atoms with van der Waals surface area (Å²) in [5, 5.41) is 0. The molecule has 1 saturated heterocycles. The number of fused-ring (bicyclic) bond motifs is 1. The van der Waals surface area contributed by atoms with Gasteiger partial charge in [0.25, 0.3) is 5.91 Å². The molecule has 9 heteroatoms. The van der Waals surface area contributed by atoms with E-state index in [9.17, 15) is 17.6 Å². The van der Waals surface area contributed by atoms with Gasteiger partial charge in [0, 0.05) is 25.6 Å². The number of nitrogens with zero attached hydrogens (tertiary/aromatic N) is 3. The third kappa shape index (κ3) is 4.35. The highest BCUT2D eigenvalue weighted by molar-refractivity contribution is 7.89. The third-order valence-corrected chi connectivity index (χ3v) is 8.58. The van der Waals surface area contributed by atoms with E-state index in [1.165, 1.54) is 27.8 Å². The van der Waals surface area contributed by atoms with Gasteiger partial charge in [-0.05, 0) is 57.0 Å². The van der Waals surface area contributed by atoms with Crippen LogP contribution >= 0.6 is 11.3 Å². The molecule has 0 atom stereocenters. The first-order chi connectivity index (χ1) is 14.8. The van der Waals surface area contributed by atoms with Crippen LogP contribution in [0.5, 0.6) is 0 Å². The fraction of sp³-hybridized carbons (Fsp3) is 0.364. The van der Waals surface area contributed by atoms with Gasteiger partial charge in [-0.15, -0.1) is 0 Å². The zero-order valence-corrected chi connectivity index (χ0v) is 19.0. The molecule has 2 aromatic carbocycles. The van der Waals surface area contributed by atoms with Crippen LogP contribution in [0.1, 0.15) is 25.3 Å². The van der Waals surface area contributed by atoms with Crippen LogP contribution in [0.4, 0.5) is 4.39 Å². The van der Waals surface area contributed by atoms with Crippen molar-refractivity contribution in [1.29, 1.82) is 0 Å². The number of sulfonamides is 1. The maximum absolute atomic E-state index is 13.6. The lowest BCUT2D eigenvalue weighted by molar-refractivity contribution is -0.122. The van der Waals surface area contributed by atoms with E-state index in [1.54, 1.807) is 30.3 Å². The number of halogens is 1. The average molecular weight is 462 g/mol. The van der Waals surface area contributed by atoms with Crippen LogP contribution in [0, 0.1) is 18.7 Å². The highest BCUT2D eigenvalue weighted by Crippen LogP contribution is 2.25. The number of carbonyl (C=O) groups excluding carboxylic acids is 1. The van der Waals surface area contributed by atoms with E-state index >= 15 is 0 Å². The molecule has 1 amide bonds. The lowest BCUT2D eigenvalue weighted by Crippen LogP contribution is -2.40. The van der Waals surface area contributed by atoms with Gasteiger partial charge < -0.3 is 4.57 Å². The Morgan fingerprint density at radius 3 is 2.48 bits per heavy atom. The van der Waals surface area contributed by atoms with Crippen molar-refractivity contribution in [3.8, 4) is 0 Å². The Bertz CT molecular complexity index is 1290. The van der Waals surface area contributed by atoms with Crippen molar-refractivity contribution in [2.24, 2.45) is 10.9 Å². The number of thiazole rings is 1. The van der Waals surface area contributed by atoms with Crippen LogP contribution in [-0.2, 0) is 21.4 Å². The molecule has 164 valence electrons. The number of aromatic nitrogens is 1. The van der Waals surface area contributed by atoms with E-state index in [2.05, 4.69) is 4.99 Å². The van der Waals surface area contributed by atoms with E-state index in [-0.39, 0.29) is 35.6 Å². The van der Waals surface area contributed by atoms with Crippen LogP contribution in [0.15, 0.2) is 52.4 Å². The fourth-order valence-electron chi connectivity index (χ4n) is 3.83. The average Bonchev–Trinajstić information content (AvgIpc) is 3.09. The Hall–Kier alpha value is -2.36. The summed E-state index contributed by atoms with van der Waals surface area (Å²) < 4.78 is 43.4. The summed E-state index contributed by atoms with van der Waals surface area (Å²) >= 11 is 1.29. The number of rotatable bonds is 4. The Balaban J connectivity index is 1.51. The smallest absolute Gasteiger partial charge is 0.251 e. The summed E-state index contributed by atoms with van der Waals surface area (Å²) in [6.45, 7) is 5.05. The van der Waals surface area contributed by atoms with Crippen molar-refractivity contribution in [1.82, 2.24) is 8.87 Å². The molecule has 4 rings (SSSR count). The number of hydrogen-bond donors (Lipinski definition) is 0. The first kappa shape index (κ1) is 21.9. The zero-order valence-electron chi connectivity index (χ0n) is 17.4. The van der Waals surface area contributed by atoms with Gasteiger partial charge in [0.05, 0.1) is 15.1 Å². The lowest BCUT2D eigenvalue weighted by Gasteiger charge is -2.29. The molecular weight excluding hydrogens is 437 g/mol. The van der Waals surface area contributed by atoms with Crippen LogP contribution in [0.2, 0.25) is 0 Å². The predicted octanol–water partition coefficient (Wildman–Crippen LogP) is 3.70. The summed E-state index contributed by atoms with van der Waals surface area (Å²) in [6.07, 6.45) is 0.859. The molecule has 0 aliphatic carbocycles. The van der Waals surface area contributed by atoms with Gasteiger partial charge in [0.1, 0.15) is 5.82 Å². The SMILES string of the molecule is CCn1c(=NC(=O)C2CCN(S(=O)(=O)c3ccc(C)cc3)CC2)sc2cc(F)ccc21. The van der Waals surface area contributed by atoms with Crippen molar-refractivity contribution in [3.05, 3.63) is 58.6 Å². The lowest BCUT2D eigenvalue weighted by atomic mass is 9.98. The van der Waals surface area contributed by atoms with Gasteiger partial charge in [-0.3, -0.25) is 4.79 Å². The Morgan fingerprint density at radius 1 is 1.16 bits per heavy atom. The van der Waals surface area contributed by atoms with Crippen LogP contribution in [-0.4, -0.2) is 36.3 Å². The number of benzene rings is 2. The van der Waals surface area contributed by atoms with E-state index in [4.69, 9.17) is 0 Å². The van der Waals surface area contributed by atoms with Gasteiger partial charge in [0.15, 0.2) is 4.80 Å². The second-order valence-electron chi connectivity index (χ2n) is 7.68. The monoisotopic (exact) mass is 461 g/mol. The zero-order chi connectivity index (χ0) is 22.2. The second-order valence-corrected chi connectivity index (χ2v) is 10.6. The number of carbonyl (C=O) groups is 1. The Kier molecular flexibility index (Phi) is 6.09. The minimum atomic E-state index is -3.57. The molecule has 0 radical (unpaired) electrons. The van der Waals surface area contributed by atoms with Crippen molar-refractivity contribution >= 4 is 37.5 Å². The molecule has 1 aliphatic heterocycles. The van der Waals surface area contributed by atoms with Crippen LogP contribution in [0.3, 0.4) is 0 Å². The molecular formula is C22H24FN3O3S2. The first-order valence-electron chi connectivity index (χ1n) is 10.2. The predicted molar refractivity (Wildman–Crippen MR) is 119 cm³/mol. The molecule has 0 spiro atoms. The largest absolute Gasteiger partial charge is 0.317 e. The topological polar surface area (TPSA) is 71.7 Å². The summed E-state index contributed by atoms with van der Waals surface area (Å²) in [4.78, 5) is 18.0. The normalized spacial score (nSPS) is 16.8. The van der Waals surface area contributed by atoms with Gasteiger partial charge >= 0.3 is 0 Å². The van der Waals surface area contributed by atoms with Crippen LogP contribution in [0.25, 0.3) is 10.2 Å². The minimum absolute atomic E-state index is 0.249. The number of amides is 1. The molecule has 0 N–H and O–H groups in total. The van der Waals surface area contributed by atoms with E-state index in [0.717, 1.165) is 15.8 Å². The molecule has 0 unspecified atom stereocenters. The standard InChI is InChI=1S/C22H24FN3O3S2/c1-3-26-19-9-6-17(23)14-20(19)30-22(26)24-21(27)16-10-12-25(13-11-16)31(28,29)18-7-4-15(2)5-8-18/h4-9,14,16H,3,10-13H2,1-2H3. The highest BCUT2D eigenvalue weighted by Gasteiger charge is 2.32. The summed E-state index contributed by atoms with van der Waals surface area (Å²) in [5.74, 6) is -0.893. The second kappa shape index (κ2) is 8.64. The van der Waals surface area contributed by atoms with Crippen molar-refractivity contribution in [3.63, 3.8) is 0 Å². The van der Waals surface area contributed by atoms with Crippen molar-refractivity contribution in [2.45, 2.75) is 38.1 Å². The summed E-state index contributed by atoms with van der Waals surface area (Å²) in [6, 6.07) is 11.3. The minimum Gasteiger partial charge on any atom is -0.317 e. The molecule has 1 aromatic heterocycles. The maximum Gasteiger partial charge on any atom is 0.251 e. The molecule has 1 fully saturated rings. The van der Waals surface area contributed by atoms with Gasteiger partial charge in [-0.2, -0.15) is 9.30 Å². The summed E-state index contributed by atoms with van der Waals surface area (Å²) in [7, 11) is -3.57.